The Bertz CT molecular complexity index is 1200. The molecule has 0 bridgehead atoms. The molecule has 14 nitrogen and oxygen atoms in total. The number of rotatable bonds is 7. The number of nitrogens with zero attached hydrogens (tertiary/aromatic N) is 2. The van der Waals surface area contributed by atoms with Gasteiger partial charge in [0.2, 0.25) is 0 Å². The highest BCUT2D eigenvalue weighted by Gasteiger charge is 2.55. The third-order valence-electron chi connectivity index (χ3n) is 12.6. The lowest BCUT2D eigenvalue weighted by Gasteiger charge is -2.48. The van der Waals surface area contributed by atoms with E-state index in [0.717, 1.165) is 0 Å². The van der Waals surface area contributed by atoms with Gasteiger partial charge in [-0.05, 0) is 94.8 Å². The molecule has 0 aliphatic carbocycles. The zero-order chi connectivity index (χ0) is 39.8. The van der Waals surface area contributed by atoms with E-state index in [1.54, 1.807) is 27.7 Å². The van der Waals surface area contributed by atoms with Crippen LogP contribution in [0.3, 0.4) is 0 Å². The molecule has 4 heterocycles. The quantitative estimate of drug-likeness (QED) is 0.257. The Labute approximate surface area is 318 Å². The lowest BCUT2D eigenvalue weighted by atomic mass is 9.77. The number of aliphatic hydroxyl groups is 3. The van der Waals surface area contributed by atoms with Crippen LogP contribution in [0.25, 0.3) is 0 Å². The number of cyclic esters (lactones) is 1. The molecule has 1 radical (unpaired) electrons. The van der Waals surface area contributed by atoms with E-state index in [-0.39, 0.29) is 30.5 Å². The molecule has 4 saturated heterocycles. The van der Waals surface area contributed by atoms with Gasteiger partial charge in [0.05, 0.1) is 47.6 Å². The minimum atomic E-state index is -1.50. The number of hydrogen-bond acceptors (Lipinski definition) is 14. The van der Waals surface area contributed by atoms with Gasteiger partial charge in [0.25, 0.3) is 0 Å². The molecule has 18 atom stereocenters. The van der Waals surface area contributed by atoms with Gasteiger partial charge in [-0.3, -0.25) is 4.79 Å². The summed E-state index contributed by atoms with van der Waals surface area (Å²) >= 11 is 0. The molecule has 0 unspecified atom stereocenters. The first kappa shape index (κ1) is 44.8. The van der Waals surface area contributed by atoms with Crippen molar-refractivity contribution in [2.45, 2.75) is 185 Å². The van der Waals surface area contributed by atoms with E-state index >= 15 is 0 Å². The number of fused-ring (bicyclic) bond motifs is 1. The smallest absolute Gasteiger partial charge is 0.459 e. The summed E-state index contributed by atoms with van der Waals surface area (Å²) in [5.74, 6) is -2.15. The highest BCUT2D eigenvalue weighted by atomic mass is 16.7. The van der Waals surface area contributed by atoms with Gasteiger partial charge in [-0.25, -0.2) is 0 Å². The topological polar surface area (TPSA) is 158 Å². The monoisotopic (exact) mass is 758 g/mol. The van der Waals surface area contributed by atoms with Crippen LogP contribution in [0.5, 0.6) is 0 Å². The summed E-state index contributed by atoms with van der Waals surface area (Å²) in [4.78, 5) is 18.5. The largest absolute Gasteiger partial charge is 0.488 e. The van der Waals surface area contributed by atoms with Crippen LogP contribution in [0.2, 0.25) is 0 Å². The Hall–Kier alpha value is -0.945. The van der Waals surface area contributed by atoms with Crippen molar-refractivity contribution < 1.29 is 57.8 Å². The Morgan fingerprint density at radius 2 is 1.68 bits per heavy atom. The van der Waals surface area contributed by atoms with Crippen LogP contribution in [0, 0.1) is 17.8 Å². The van der Waals surface area contributed by atoms with Crippen molar-refractivity contribution in [3.8, 4) is 0 Å². The summed E-state index contributed by atoms with van der Waals surface area (Å²) in [5.41, 5.74) is -3.46. The number of carbonyl (C=O) groups is 1. The van der Waals surface area contributed by atoms with E-state index in [0.29, 0.717) is 25.8 Å². The highest BCUT2D eigenvalue weighted by molar-refractivity contribution is 6.19. The SMILES string of the molecule is CC[C@H]1OC(=O)[C@H](C)[C@@H](O[C@@H]2C[C@](C)(OC)[C@H](O)[C@@H](C)O2)[C@H](C)[C@H](O[C@@H]2O[C@H](C)C[C@H](N(C)C)[C@H]2O)[C@](C)(O)C[C@@H](C)CN(C)[C@H](C)[C@H]2O[B]O[C@@]21C. The molecule has 0 aromatic heterocycles. The van der Waals surface area contributed by atoms with Gasteiger partial charge < -0.3 is 62.8 Å². The molecule has 53 heavy (non-hydrogen) atoms. The maximum absolute atomic E-state index is 14.4. The van der Waals surface area contributed by atoms with Crippen molar-refractivity contribution >= 4 is 13.7 Å². The Morgan fingerprint density at radius 3 is 2.28 bits per heavy atom. The van der Waals surface area contributed by atoms with Gasteiger partial charge in [-0.1, -0.05) is 20.8 Å². The van der Waals surface area contributed by atoms with Crippen LogP contribution in [-0.2, 0) is 42.5 Å². The lowest BCUT2D eigenvalue weighted by molar-refractivity contribution is -0.318. The van der Waals surface area contributed by atoms with Crippen LogP contribution >= 0.6 is 0 Å². The van der Waals surface area contributed by atoms with Gasteiger partial charge in [0.1, 0.15) is 23.9 Å². The molecule has 4 fully saturated rings. The second kappa shape index (κ2) is 17.7. The van der Waals surface area contributed by atoms with Crippen molar-refractivity contribution in [2.75, 3.05) is 34.8 Å². The second-order valence-corrected chi connectivity index (χ2v) is 17.4. The molecule has 4 aliphatic rings. The van der Waals surface area contributed by atoms with Crippen LogP contribution < -0.4 is 0 Å². The Morgan fingerprint density at radius 1 is 1.02 bits per heavy atom. The number of hydrogen-bond donors (Lipinski definition) is 3. The van der Waals surface area contributed by atoms with Crippen molar-refractivity contribution in [1.29, 1.82) is 0 Å². The molecular weight excluding hydrogens is 687 g/mol. The van der Waals surface area contributed by atoms with Crippen LogP contribution in [0.4, 0.5) is 0 Å². The third-order valence-corrected chi connectivity index (χ3v) is 12.6. The highest BCUT2D eigenvalue weighted by Crippen LogP contribution is 2.41. The van der Waals surface area contributed by atoms with Crippen LogP contribution in [0.15, 0.2) is 0 Å². The molecule has 0 spiro atoms. The van der Waals surface area contributed by atoms with Crippen LogP contribution in [0.1, 0.15) is 94.9 Å². The molecule has 3 N–H and O–H groups in total. The summed E-state index contributed by atoms with van der Waals surface area (Å²) in [6.07, 6.45) is -6.25. The molecular formula is C38H70BN2O12. The average molecular weight is 758 g/mol. The maximum Gasteiger partial charge on any atom is 0.488 e. The molecule has 0 aromatic rings. The van der Waals surface area contributed by atoms with Gasteiger partial charge in [0.15, 0.2) is 12.6 Å². The predicted octanol–water partition coefficient (Wildman–Crippen LogP) is 2.50. The number of likely N-dealkylation sites (N-methyl/N-ethyl adjacent to an activating group) is 2. The Balaban J connectivity index is 1.81. The first-order chi connectivity index (χ1) is 24.6. The zero-order valence-electron chi connectivity index (χ0n) is 34.7. The van der Waals surface area contributed by atoms with Gasteiger partial charge in [-0.2, -0.15) is 0 Å². The van der Waals surface area contributed by atoms with Gasteiger partial charge >= 0.3 is 13.7 Å². The molecule has 0 amide bonds. The zero-order valence-corrected chi connectivity index (χ0v) is 34.7. The summed E-state index contributed by atoms with van der Waals surface area (Å²) in [7, 11) is 8.70. The number of carbonyl (C=O) groups excluding carboxylic acids is 1. The normalized spacial score (nSPS) is 49.8. The van der Waals surface area contributed by atoms with Crippen LogP contribution in [-0.4, -0.2) is 164 Å². The summed E-state index contributed by atoms with van der Waals surface area (Å²) in [6, 6.07) is -0.389. The average Bonchev–Trinajstić information content (AvgIpc) is 3.48. The predicted molar refractivity (Wildman–Crippen MR) is 198 cm³/mol. The number of aliphatic hydroxyl groups excluding tert-OH is 2. The first-order valence-electron chi connectivity index (χ1n) is 19.6. The fourth-order valence-electron chi connectivity index (χ4n) is 9.28. The van der Waals surface area contributed by atoms with E-state index in [1.807, 2.05) is 53.7 Å². The summed E-state index contributed by atoms with van der Waals surface area (Å²) in [5, 5.41) is 35.1. The fraction of sp³-hybridized carbons (Fsp3) is 0.974. The third kappa shape index (κ3) is 9.61. The standard InChI is InChI=1S/C38H70BN2O12/c1-15-27-38(10)33(52-39-53-38)24(6)41(13)19-20(2)17-36(8,45)32(51-35-29(42)26(40(11)12)16-21(3)47-35)22(4)30(23(5)34(44)49-27)50-28-18-37(9,46-14)31(43)25(7)48-28/h20-33,35,42-43,45H,15-19H2,1-14H3/t20-,21-,22+,23-,24-,25-,26+,27-,28-,29-,30+,31-,32+,33-,35+,36-,37+,38-/m1/s1. The molecule has 4 aliphatic heterocycles. The summed E-state index contributed by atoms with van der Waals surface area (Å²) in [6.45, 7) is 19.4. The van der Waals surface area contributed by atoms with Gasteiger partial charge in [-0.15, -0.1) is 0 Å². The second-order valence-electron chi connectivity index (χ2n) is 17.4. The molecule has 0 aromatic carbocycles. The maximum atomic E-state index is 14.4. The van der Waals surface area contributed by atoms with Gasteiger partial charge in [0, 0.05) is 38.1 Å². The van der Waals surface area contributed by atoms with E-state index < -0.39 is 89.9 Å². The van der Waals surface area contributed by atoms with Crippen molar-refractivity contribution in [2.24, 2.45) is 17.8 Å². The fourth-order valence-corrected chi connectivity index (χ4v) is 9.28. The van der Waals surface area contributed by atoms with E-state index in [2.05, 4.69) is 18.7 Å². The molecule has 307 valence electrons. The van der Waals surface area contributed by atoms with E-state index in [4.69, 9.17) is 37.7 Å². The first-order valence-corrected chi connectivity index (χ1v) is 19.6. The minimum Gasteiger partial charge on any atom is -0.459 e. The molecule has 4 rings (SSSR count). The minimum absolute atomic E-state index is 0.0350. The number of esters is 1. The number of ether oxygens (including phenoxy) is 6. The van der Waals surface area contributed by atoms with Crippen molar-refractivity contribution in [3.63, 3.8) is 0 Å². The molecule has 15 heteroatoms. The molecule has 0 saturated carbocycles. The summed E-state index contributed by atoms with van der Waals surface area (Å²) < 4.78 is 50.3. The van der Waals surface area contributed by atoms with E-state index in [9.17, 15) is 20.1 Å². The van der Waals surface area contributed by atoms with Crippen molar-refractivity contribution in [3.05, 3.63) is 0 Å². The lowest BCUT2D eigenvalue weighted by Crippen LogP contribution is -2.60. The number of methoxy groups -OCH3 is 1. The van der Waals surface area contributed by atoms with Crippen molar-refractivity contribution in [1.82, 2.24) is 9.80 Å². The van der Waals surface area contributed by atoms with E-state index in [1.165, 1.54) is 14.8 Å². The Kier molecular flexibility index (Phi) is 14.9.